The molecule has 2 fully saturated rings. The summed E-state index contributed by atoms with van der Waals surface area (Å²) in [5, 5.41) is 12.7. The molecule has 22 heavy (non-hydrogen) atoms. The van der Waals surface area contributed by atoms with Crippen LogP contribution in [0.25, 0.3) is 0 Å². The minimum atomic E-state index is -0.282. The predicted octanol–water partition coefficient (Wildman–Crippen LogP) is 1.19. The first-order chi connectivity index (χ1) is 10.5. The number of nitrogens with zero attached hydrogens (tertiary/aromatic N) is 6. The molecule has 0 bridgehead atoms. The van der Waals surface area contributed by atoms with Crippen molar-refractivity contribution in [2.45, 2.75) is 57.0 Å². The number of rotatable bonds is 3. The van der Waals surface area contributed by atoms with Gasteiger partial charge in [-0.1, -0.05) is 12.8 Å². The zero-order valence-electron chi connectivity index (χ0n) is 13.8. The highest BCUT2D eigenvalue weighted by Crippen LogP contribution is 2.38. The highest BCUT2D eigenvalue weighted by atomic mass is 16.2. The van der Waals surface area contributed by atoms with Crippen LogP contribution in [0.1, 0.15) is 57.3 Å². The van der Waals surface area contributed by atoms with Gasteiger partial charge in [-0.15, -0.1) is 5.10 Å². The molecule has 0 N–H and O–H groups in total. The highest BCUT2D eigenvalue weighted by Gasteiger charge is 2.45. The van der Waals surface area contributed by atoms with Gasteiger partial charge in [0.15, 0.2) is 5.82 Å². The quantitative estimate of drug-likeness (QED) is 0.839. The molecule has 1 atom stereocenters. The Bertz CT molecular complexity index is 536. The molecule has 7 nitrogen and oxygen atoms in total. The molecule has 1 saturated carbocycles. The summed E-state index contributed by atoms with van der Waals surface area (Å²) >= 11 is 0. The summed E-state index contributed by atoms with van der Waals surface area (Å²) in [6, 6.07) is 0.412. The number of hydrogen-bond donors (Lipinski definition) is 0. The molecule has 1 aliphatic carbocycles. The molecule has 2 aliphatic rings. The molecule has 3 rings (SSSR count). The molecule has 0 spiro atoms. The minimum absolute atomic E-state index is 0.130. The van der Waals surface area contributed by atoms with E-state index in [1.165, 1.54) is 12.8 Å². The van der Waals surface area contributed by atoms with E-state index in [1.807, 2.05) is 9.58 Å². The summed E-state index contributed by atoms with van der Waals surface area (Å²) in [4.78, 5) is 16.0. The van der Waals surface area contributed by atoms with Crippen LogP contribution in [0.3, 0.4) is 0 Å². The van der Waals surface area contributed by atoms with Crippen LogP contribution in [0.5, 0.6) is 0 Å². The highest BCUT2D eigenvalue weighted by molar-refractivity contribution is 5.73. The number of carbonyl (C=O) groups excluding carboxylic acids is 1. The van der Waals surface area contributed by atoms with Gasteiger partial charge in [0.25, 0.3) is 0 Å². The zero-order valence-corrected chi connectivity index (χ0v) is 13.8. The first kappa shape index (κ1) is 15.4. The number of likely N-dealkylation sites (N-methyl/N-ethyl adjacent to an activating group) is 1. The monoisotopic (exact) mass is 306 g/mol. The molecule has 122 valence electrons. The summed E-state index contributed by atoms with van der Waals surface area (Å²) in [6.45, 7) is 3.14. The van der Waals surface area contributed by atoms with E-state index in [9.17, 15) is 4.79 Å². The Morgan fingerprint density at radius 1 is 1.27 bits per heavy atom. The first-order valence-corrected chi connectivity index (χ1v) is 8.26. The van der Waals surface area contributed by atoms with Crippen molar-refractivity contribution in [1.29, 1.82) is 0 Å². The van der Waals surface area contributed by atoms with Gasteiger partial charge in [0.1, 0.15) is 5.54 Å². The molecule has 1 unspecified atom stereocenters. The van der Waals surface area contributed by atoms with Gasteiger partial charge in [-0.2, -0.15) is 0 Å². The Hall–Kier alpha value is -1.50. The largest absolute Gasteiger partial charge is 0.341 e. The summed E-state index contributed by atoms with van der Waals surface area (Å²) in [5.74, 6) is 1.06. The van der Waals surface area contributed by atoms with Crippen molar-refractivity contribution in [1.82, 2.24) is 30.0 Å². The lowest BCUT2D eigenvalue weighted by atomic mass is 9.86. The van der Waals surface area contributed by atoms with Crippen LogP contribution in [-0.2, 0) is 10.3 Å². The van der Waals surface area contributed by atoms with Crippen molar-refractivity contribution < 1.29 is 4.79 Å². The number of amides is 1. The summed E-state index contributed by atoms with van der Waals surface area (Å²) in [5.41, 5.74) is -0.282. The molecule has 1 aromatic rings. The van der Waals surface area contributed by atoms with Crippen LogP contribution in [0, 0.1) is 0 Å². The van der Waals surface area contributed by atoms with Gasteiger partial charge in [0.2, 0.25) is 5.91 Å². The molecule has 7 heteroatoms. The van der Waals surface area contributed by atoms with Crippen molar-refractivity contribution in [3.05, 3.63) is 5.82 Å². The average molecular weight is 306 g/mol. The minimum Gasteiger partial charge on any atom is -0.341 e. The maximum Gasteiger partial charge on any atom is 0.219 e. The second-order valence-corrected chi connectivity index (χ2v) is 6.86. The third-order valence-corrected chi connectivity index (χ3v) is 5.35. The summed E-state index contributed by atoms with van der Waals surface area (Å²) in [6.07, 6.45) is 6.76. The van der Waals surface area contributed by atoms with Crippen LogP contribution in [0.4, 0.5) is 0 Å². The Labute approximate surface area is 131 Å². The number of piperidine rings is 1. The average Bonchev–Trinajstić information content (AvgIpc) is 3.17. The van der Waals surface area contributed by atoms with E-state index in [2.05, 4.69) is 34.5 Å². The number of hydrogen-bond acceptors (Lipinski definition) is 5. The van der Waals surface area contributed by atoms with Crippen LogP contribution >= 0.6 is 0 Å². The number of likely N-dealkylation sites (tertiary alicyclic amines) is 1. The molecule has 1 amide bonds. The second kappa shape index (κ2) is 5.95. The van der Waals surface area contributed by atoms with E-state index < -0.39 is 0 Å². The number of carbonyl (C=O) groups is 1. The van der Waals surface area contributed by atoms with E-state index in [4.69, 9.17) is 0 Å². The fourth-order valence-electron chi connectivity index (χ4n) is 3.95. The van der Waals surface area contributed by atoms with Gasteiger partial charge in [-0.25, -0.2) is 4.68 Å². The number of tetrazole rings is 1. The normalized spacial score (nSPS) is 26.8. The molecule has 0 radical (unpaired) electrons. The van der Waals surface area contributed by atoms with Crippen molar-refractivity contribution >= 4 is 5.91 Å². The second-order valence-electron chi connectivity index (χ2n) is 6.86. The smallest absolute Gasteiger partial charge is 0.219 e. The Morgan fingerprint density at radius 3 is 2.64 bits per heavy atom. The zero-order chi connectivity index (χ0) is 15.7. The SMILES string of the molecule is CC(=O)N1CCCC(c2nnnn2C2CCCC2)(N(C)C)C1. The molecule has 2 heterocycles. The number of aromatic nitrogens is 4. The Balaban J connectivity index is 1.97. The lowest BCUT2D eigenvalue weighted by molar-refractivity contribution is -0.133. The van der Waals surface area contributed by atoms with Gasteiger partial charge < -0.3 is 4.90 Å². The summed E-state index contributed by atoms with van der Waals surface area (Å²) < 4.78 is 2.04. The Morgan fingerprint density at radius 2 is 2.00 bits per heavy atom. The van der Waals surface area contributed by atoms with Crippen molar-refractivity contribution in [2.75, 3.05) is 27.2 Å². The maximum absolute atomic E-state index is 11.9. The Kier molecular flexibility index (Phi) is 4.16. The van der Waals surface area contributed by atoms with E-state index >= 15 is 0 Å². The fraction of sp³-hybridized carbons (Fsp3) is 0.867. The molecular formula is C15H26N6O. The molecular weight excluding hydrogens is 280 g/mol. The predicted molar refractivity (Wildman–Crippen MR) is 82.2 cm³/mol. The van der Waals surface area contributed by atoms with Gasteiger partial charge in [-0.05, 0) is 50.2 Å². The summed E-state index contributed by atoms with van der Waals surface area (Å²) in [7, 11) is 4.13. The van der Waals surface area contributed by atoms with E-state index in [0.29, 0.717) is 12.6 Å². The van der Waals surface area contributed by atoms with Crippen molar-refractivity contribution in [3.8, 4) is 0 Å². The van der Waals surface area contributed by atoms with Gasteiger partial charge in [-0.3, -0.25) is 9.69 Å². The van der Waals surface area contributed by atoms with Crippen molar-refractivity contribution in [2.24, 2.45) is 0 Å². The van der Waals surface area contributed by atoms with Gasteiger partial charge in [0, 0.05) is 20.0 Å². The lowest BCUT2D eigenvalue weighted by Gasteiger charge is -2.45. The first-order valence-electron chi connectivity index (χ1n) is 8.26. The third kappa shape index (κ3) is 2.51. The van der Waals surface area contributed by atoms with E-state index in [1.54, 1.807) is 6.92 Å². The lowest BCUT2D eigenvalue weighted by Crippen LogP contribution is -2.56. The third-order valence-electron chi connectivity index (χ3n) is 5.35. The van der Waals surface area contributed by atoms with Crippen molar-refractivity contribution in [3.63, 3.8) is 0 Å². The molecule has 1 aliphatic heterocycles. The molecule has 1 saturated heterocycles. The molecule has 0 aromatic carbocycles. The van der Waals surface area contributed by atoms with Crippen LogP contribution in [0.2, 0.25) is 0 Å². The van der Waals surface area contributed by atoms with Gasteiger partial charge >= 0.3 is 0 Å². The fourth-order valence-corrected chi connectivity index (χ4v) is 3.95. The van der Waals surface area contributed by atoms with Crippen LogP contribution < -0.4 is 0 Å². The molecule has 1 aromatic heterocycles. The topological polar surface area (TPSA) is 67.2 Å². The van der Waals surface area contributed by atoms with Crippen LogP contribution in [0.15, 0.2) is 0 Å². The maximum atomic E-state index is 11.9. The van der Waals surface area contributed by atoms with Gasteiger partial charge in [0.05, 0.1) is 6.04 Å². The van der Waals surface area contributed by atoms with E-state index in [-0.39, 0.29) is 11.4 Å². The van der Waals surface area contributed by atoms with E-state index in [0.717, 1.165) is 38.1 Å². The van der Waals surface area contributed by atoms with Crippen LogP contribution in [-0.4, -0.2) is 63.1 Å². The standard InChI is InChI=1S/C15H26N6O/c1-12(22)20-10-6-9-15(11-20,19(2)3)14-16-17-18-21(14)13-7-4-5-8-13/h13H,4-11H2,1-3H3.